The highest BCUT2D eigenvalue weighted by molar-refractivity contribution is 6.30. The lowest BCUT2D eigenvalue weighted by Crippen LogP contribution is -2.32. The number of Topliss-reactive ketones (excluding diaryl/α,β-unsaturated/α-hetero) is 1. The van der Waals surface area contributed by atoms with Crippen molar-refractivity contribution in [3.63, 3.8) is 0 Å². The summed E-state index contributed by atoms with van der Waals surface area (Å²) in [5.74, 6) is 0.856. The van der Waals surface area contributed by atoms with E-state index in [9.17, 15) is 4.79 Å². The van der Waals surface area contributed by atoms with Crippen molar-refractivity contribution in [3.8, 4) is 0 Å². The van der Waals surface area contributed by atoms with Crippen LogP contribution < -0.4 is 5.32 Å². The average molecular weight is 456 g/mol. The number of para-hydroxylation sites is 1. The summed E-state index contributed by atoms with van der Waals surface area (Å²) >= 11 is 6.39. The van der Waals surface area contributed by atoms with E-state index in [0.717, 1.165) is 40.3 Å². The fourth-order valence-electron chi connectivity index (χ4n) is 4.68. The minimum atomic E-state index is -0.534. The lowest BCUT2D eigenvalue weighted by Gasteiger charge is -2.37. The number of ketones is 1. The number of benzene rings is 3. The van der Waals surface area contributed by atoms with Crippen LogP contribution in [0.2, 0.25) is 5.02 Å². The van der Waals surface area contributed by atoms with Crippen LogP contribution in [-0.2, 0) is 9.53 Å². The first-order valence-corrected chi connectivity index (χ1v) is 11.6. The van der Waals surface area contributed by atoms with Gasteiger partial charge in [0.05, 0.1) is 5.57 Å². The van der Waals surface area contributed by atoms with Crippen LogP contribution in [0.5, 0.6) is 0 Å². The molecule has 0 bridgehead atoms. The second-order valence-corrected chi connectivity index (χ2v) is 9.91. The fourth-order valence-corrected chi connectivity index (χ4v) is 4.86. The molecular weight excluding hydrogens is 430 g/mol. The normalized spacial score (nSPS) is 19.4. The molecule has 1 unspecified atom stereocenters. The molecule has 166 valence electrons. The zero-order valence-electron chi connectivity index (χ0n) is 18.8. The minimum Gasteiger partial charge on any atom is -0.480 e. The third-order valence-electron chi connectivity index (χ3n) is 6.17. The quantitative estimate of drug-likeness (QED) is 0.438. The van der Waals surface area contributed by atoms with Crippen LogP contribution in [-0.4, -0.2) is 5.78 Å². The van der Waals surface area contributed by atoms with Gasteiger partial charge in [-0.1, -0.05) is 80.0 Å². The third kappa shape index (κ3) is 4.46. The molecule has 5 rings (SSSR count). The van der Waals surface area contributed by atoms with E-state index in [2.05, 4.69) is 19.2 Å². The molecule has 0 saturated carbocycles. The molecular formula is C29H26ClNO2. The molecule has 0 amide bonds. The molecule has 3 aromatic carbocycles. The molecule has 1 atom stereocenters. The van der Waals surface area contributed by atoms with Crippen LogP contribution in [0.25, 0.3) is 11.8 Å². The molecule has 1 heterocycles. The van der Waals surface area contributed by atoms with Crippen LogP contribution >= 0.6 is 11.6 Å². The summed E-state index contributed by atoms with van der Waals surface area (Å²) in [6, 6.07) is 25.8. The molecule has 0 aromatic heterocycles. The molecule has 0 spiro atoms. The van der Waals surface area contributed by atoms with Crippen molar-refractivity contribution in [2.45, 2.75) is 32.8 Å². The van der Waals surface area contributed by atoms with Crippen LogP contribution in [0.15, 0.2) is 90.1 Å². The largest absolute Gasteiger partial charge is 0.480 e. The fraction of sp³-hybridized carbons (Fsp3) is 0.207. The lowest BCUT2D eigenvalue weighted by molar-refractivity contribution is -0.119. The molecule has 3 nitrogen and oxygen atoms in total. The number of hydrogen-bond acceptors (Lipinski definition) is 3. The predicted octanol–water partition coefficient (Wildman–Crippen LogP) is 7.66. The topological polar surface area (TPSA) is 38.3 Å². The number of halogens is 1. The lowest BCUT2D eigenvalue weighted by atomic mass is 9.73. The van der Waals surface area contributed by atoms with Gasteiger partial charge in [-0.3, -0.25) is 4.79 Å². The zero-order valence-corrected chi connectivity index (χ0v) is 19.5. The Kier molecular flexibility index (Phi) is 5.59. The molecule has 33 heavy (non-hydrogen) atoms. The first-order chi connectivity index (χ1) is 15.9. The van der Waals surface area contributed by atoms with Gasteiger partial charge in [0, 0.05) is 34.0 Å². The molecule has 0 fully saturated rings. The Morgan fingerprint density at radius 3 is 2.36 bits per heavy atom. The molecule has 4 heteroatoms. The number of carbonyl (C=O) groups excluding carboxylic acids is 1. The van der Waals surface area contributed by atoms with Gasteiger partial charge in [-0.2, -0.15) is 0 Å². The zero-order chi connectivity index (χ0) is 23.0. The molecule has 0 radical (unpaired) electrons. The molecule has 2 aliphatic rings. The molecule has 3 aromatic rings. The standard InChI is InChI=1S/C29H26ClNO2/c1-29(2)17-24(31-22-11-7-4-8-12-22)27(25(32)18-29)28-23-16-21(30)14-13-20(23)15-26(33-28)19-9-5-3-6-10-19/h3-16,28,31H,17-18H2,1-2H3. The van der Waals surface area contributed by atoms with Gasteiger partial charge in [0.1, 0.15) is 5.76 Å². The Labute approximate surface area is 199 Å². The van der Waals surface area contributed by atoms with E-state index >= 15 is 0 Å². The Morgan fingerprint density at radius 1 is 0.939 bits per heavy atom. The highest BCUT2D eigenvalue weighted by Gasteiger charge is 2.40. The van der Waals surface area contributed by atoms with Gasteiger partial charge in [0.25, 0.3) is 0 Å². The van der Waals surface area contributed by atoms with E-state index in [1.165, 1.54) is 0 Å². The van der Waals surface area contributed by atoms with Crippen molar-refractivity contribution >= 4 is 34.9 Å². The number of rotatable bonds is 4. The predicted molar refractivity (Wildman–Crippen MR) is 135 cm³/mol. The van der Waals surface area contributed by atoms with Crippen LogP contribution in [0, 0.1) is 5.41 Å². The van der Waals surface area contributed by atoms with E-state index in [1.54, 1.807) is 0 Å². The summed E-state index contributed by atoms with van der Waals surface area (Å²) < 4.78 is 6.58. The van der Waals surface area contributed by atoms with Crippen molar-refractivity contribution in [2.75, 3.05) is 5.32 Å². The summed E-state index contributed by atoms with van der Waals surface area (Å²) in [4.78, 5) is 13.6. The van der Waals surface area contributed by atoms with Gasteiger partial charge < -0.3 is 10.1 Å². The Hall–Kier alpha value is -3.30. The number of allylic oxidation sites excluding steroid dienone is 1. The number of ether oxygens (including phenoxy) is 1. The number of fused-ring (bicyclic) bond motifs is 1. The highest BCUT2D eigenvalue weighted by Crippen LogP contribution is 2.47. The van der Waals surface area contributed by atoms with E-state index in [0.29, 0.717) is 17.0 Å². The average Bonchev–Trinajstić information content (AvgIpc) is 2.79. The highest BCUT2D eigenvalue weighted by atomic mass is 35.5. The van der Waals surface area contributed by atoms with Crippen molar-refractivity contribution in [1.82, 2.24) is 0 Å². The number of hydrogen-bond donors (Lipinski definition) is 1. The summed E-state index contributed by atoms with van der Waals surface area (Å²) in [7, 11) is 0. The maximum Gasteiger partial charge on any atom is 0.165 e. The van der Waals surface area contributed by atoms with Gasteiger partial charge in [-0.25, -0.2) is 0 Å². The van der Waals surface area contributed by atoms with Crippen molar-refractivity contribution in [1.29, 1.82) is 0 Å². The Bertz CT molecular complexity index is 1260. The van der Waals surface area contributed by atoms with Crippen molar-refractivity contribution in [3.05, 3.63) is 112 Å². The second kappa shape index (κ2) is 8.57. The first-order valence-electron chi connectivity index (χ1n) is 11.2. The summed E-state index contributed by atoms with van der Waals surface area (Å²) in [5.41, 5.74) is 5.32. The first kappa shape index (κ1) is 21.5. The summed E-state index contributed by atoms with van der Waals surface area (Å²) in [6.07, 6.45) is 2.72. The van der Waals surface area contributed by atoms with Crippen LogP contribution in [0.3, 0.4) is 0 Å². The Morgan fingerprint density at radius 2 is 1.64 bits per heavy atom. The number of carbonyl (C=O) groups is 1. The van der Waals surface area contributed by atoms with Gasteiger partial charge >= 0.3 is 0 Å². The third-order valence-corrected chi connectivity index (χ3v) is 6.41. The number of nitrogens with one attached hydrogen (secondary N) is 1. The van der Waals surface area contributed by atoms with Gasteiger partial charge in [0.2, 0.25) is 0 Å². The van der Waals surface area contributed by atoms with Crippen molar-refractivity contribution < 1.29 is 9.53 Å². The van der Waals surface area contributed by atoms with E-state index in [-0.39, 0.29) is 11.2 Å². The summed E-state index contributed by atoms with van der Waals surface area (Å²) in [5, 5.41) is 4.17. The van der Waals surface area contributed by atoms with Crippen LogP contribution in [0.1, 0.15) is 49.5 Å². The molecule has 0 saturated heterocycles. The molecule has 1 aliphatic heterocycles. The molecule has 1 aliphatic carbocycles. The van der Waals surface area contributed by atoms with Crippen LogP contribution in [0.4, 0.5) is 5.69 Å². The maximum atomic E-state index is 13.6. The summed E-state index contributed by atoms with van der Waals surface area (Å²) in [6.45, 7) is 4.27. The SMILES string of the molecule is CC1(C)CC(=O)C(C2OC(c3ccccc3)=Cc3ccc(Cl)cc32)=C(Nc2ccccc2)C1. The van der Waals surface area contributed by atoms with Gasteiger partial charge in [0.15, 0.2) is 11.9 Å². The number of anilines is 1. The monoisotopic (exact) mass is 455 g/mol. The van der Waals surface area contributed by atoms with E-state index in [4.69, 9.17) is 16.3 Å². The van der Waals surface area contributed by atoms with Gasteiger partial charge in [-0.15, -0.1) is 0 Å². The van der Waals surface area contributed by atoms with Crippen molar-refractivity contribution in [2.24, 2.45) is 5.41 Å². The smallest absolute Gasteiger partial charge is 0.165 e. The Balaban J connectivity index is 1.66. The second-order valence-electron chi connectivity index (χ2n) is 9.47. The van der Waals surface area contributed by atoms with Gasteiger partial charge in [-0.05, 0) is 47.7 Å². The minimum absolute atomic E-state index is 0.106. The molecule has 1 N–H and O–H groups in total. The maximum absolute atomic E-state index is 13.6. The van der Waals surface area contributed by atoms with E-state index in [1.807, 2.05) is 84.9 Å². The van der Waals surface area contributed by atoms with E-state index < -0.39 is 6.10 Å².